The molecule has 3 nitrogen and oxygen atoms in total. The third-order valence-electron chi connectivity index (χ3n) is 3.40. The van der Waals surface area contributed by atoms with Crippen LogP contribution in [0.5, 0.6) is 0 Å². The van der Waals surface area contributed by atoms with E-state index in [9.17, 15) is 0 Å². The van der Waals surface area contributed by atoms with E-state index in [1.165, 1.54) is 25.8 Å². The Morgan fingerprint density at radius 3 is 2.73 bits per heavy atom. The topological polar surface area (TPSA) is 38.5 Å². The number of rotatable bonds is 6. The Balaban J connectivity index is 2.27. The molecule has 1 fully saturated rings. The second-order valence-corrected chi connectivity index (χ2v) is 5.22. The van der Waals surface area contributed by atoms with Gasteiger partial charge in [0.05, 0.1) is 13.2 Å². The highest BCUT2D eigenvalue weighted by Gasteiger charge is 2.38. The van der Waals surface area contributed by atoms with E-state index >= 15 is 0 Å². The average Bonchev–Trinajstić information content (AvgIpc) is 2.47. The van der Waals surface area contributed by atoms with Crippen LogP contribution in [0.1, 0.15) is 33.1 Å². The summed E-state index contributed by atoms with van der Waals surface area (Å²) in [4.78, 5) is 2.39. The van der Waals surface area contributed by atoms with Crippen LogP contribution in [0.25, 0.3) is 0 Å². The summed E-state index contributed by atoms with van der Waals surface area (Å²) in [5.74, 6) is 0. The molecular formula is C12H26N2O. The molecule has 0 bridgehead atoms. The Hall–Kier alpha value is -0.120. The van der Waals surface area contributed by atoms with E-state index < -0.39 is 0 Å². The molecule has 15 heavy (non-hydrogen) atoms. The van der Waals surface area contributed by atoms with Crippen molar-refractivity contribution in [2.75, 3.05) is 33.4 Å². The Morgan fingerprint density at radius 1 is 1.47 bits per heavy atom. The number of hydrogen-bond acceptors (Lipinski definition) is 3. The first-order valence-electron chi connectivity index (χ1n) is 6.10. The number of ether oxygens (including phenoxy) is 1. The van der Waals surface area contributed by atoms with E-state index in [-0.39, 0.29) is 11.5 Å². The fourth-order valence-corrected chi connectivity index (χ4v) is 2.22. The van der Waals surface area contributed by atoms with Crippen LogP contribution in [0.2, 0.25) is 0 Å². The zero-order chi connectivity index (χ0) is 11.3. The molecule has 1 rings (SSSR count). The summed E-state index contributed by atoms with van der Waals surface area (Å²) in [6.45, 7) is 8.24. The predicted molar refractivity (Wildman–Crippen MR) is 63.9 cm³/mol. The van der Waals surface area contributed by atoms with Crippen LogP contribution in [0.3, 0.4) is 0 Å². The molecule has 2 atom stereocenters. The van der Waals surface area contributed by atoms with Gasteiger partial charge in [-0.2, -0.15) is 0 Å². The Kier molecular flexibility index (Phi) is 5.03. The minimum absolute atomic E-state index is 0.154. The lowest BCUT2D eigenvalue weighted by Gasteiger charge is -2.32. The third-order valence-corrected chi connectivity index (χ3v) is 3.40. The van der Waals surface area contributed by atoms with Crippen molar-refractivity contribution in [2.45, 2.75) is 39.2 Å². The van der Waals surface area contributed by atoms with Gasteiger partial charge in [-0.1, -0.05) is 26.7 Å². The third kappa shape index (κ3) is 3.74. The van der Waals surface area contributed by atoms with Crippen molar-refractivity contribution in [3.8, 4) is 0 Å². The van der Waals surface area contributed by atoms with Gasteiger partial charge < -0.3 is 15.4 Å². The smallest absolute Gasteiger partial charge is 0.0624 e. The summed E-state index contributed by atoms with van der Waals surface area (Å²) in [5, 5.41) is 0. The van der Waals surface area contributed by atoms with Gasteiger partial charge in [0.2, 0.25) is 0 Å². The van der Waals surface area contributed by atoms with Gasteiger partial charge in [-0.25, -0.2) is 0 Å². The molecule has 1 aliphatic heterocycles. The average molecular weight is 214 g/mol. The lowest BCUT2D eigenvalue weighted by Crippen LogP contribution is -2.46. The van der Waals surface area contributed by atoms with Crippen molar-refractivity contribution in [1.29, 1.82) is 0 Å². The van der Waals surface area contributed by atoms with Crippen LogP contribution in [0, 0.1) is 5.41 Å². The van der Waals surface area contributed by atoms with E-state index in [0.717, 1.165) is 19.8 Å². The number of nitrogens with zero attached hydrogens (tertiary/aromatic N) is 1. The maximum atomic E-state index is 6.06. The Bertz CT molecular complexity index is 186. The first-order valence-corrected chi connectivity index (χ1v) is 6.10. The van der Waals surface area contributed by atoms with Crippen LogP contribution >= 0.6 is 0 Å². The van der Waals surface area contributed by atoms with E-state index in [0.29, 0.717) is 0 Å². The van der Waals surface area contributed by atoms with Gasteiger partial charge in [0.25, 0.3) is 0 Å². The molecule has 3 heteroatoms. The van der Waals surface area contributed by atoms with Crippen LogP contribution in [0.4, 0.5) is 0 Å². The van der Waals surface area contributed by atoms with Crippen LogP contribution in [0.15, 0.2) is 0 Å². The largest absolute Gasteiger partial charge is 0.379 e. The predicted octanol–water partition coefficient (Wildman–Crippen LogP) is 1.47. The summed E-state index contributed by atoms with van der Waals surface area (Å²) in [5.41, 5.74) is 6.22. The van der Waals surface area contributed by atoms with Gasteiger partial charge in [0.15, 0.2) is 0 Å². The van der Waals surface area contributed by atoms with Crippen LogP contribution < -0.4 is 5.73 Å². The molecule has 0 aliphatic carbocycles. The second-order valence-electron chi connectivity index (χ2n) is 5.22. The van der Waals surface area contributed by atoms with Crippen LogP contribution in [-0.2, 0) is 4.74 Å². The minimum atomic E-state index is 0.154. The van der Waals surface area contributed by atoms with Gasteiger partial charge >= 0.3 is 0 Å². The maximum absolute atomic E-state index is 6.06. The van der Waals surface area contributed by atoms with E-state index in [1.807, 2.05) is 0 Å². The fourth-order valence-electron chi connectivity index (χ4n) is 2.22. The maximum Gasteiger partial charge on any atom is 0.0624 e. The van der Waals surface area contributed by atoms with Gasteiger partial charge in [0, 0.05) is 18.0 Å². The van der Waals surface area contributed by atoms with E-state index in [4.69, 9.17) is 10.5 Å². The highest BCUT2D eigenvalue weighted by molar-refractivity contribution is 4.91. The van der Waals surface area contributed by atoms with Crippen molar-refractivity contribution in [3.63, 3.8) is 0 Å². The van der Waals surface area contributed by atoms with Crippen molar-refractivity contribution >= 4 is 0 Å². The molecule has 90 valence electrons. The molecule has 0 amide bonds. The summed E-state index contributed by atoms with van der Waals surface area (Å²) in [6.07, 6.45) is 3.90. The summed E-state index contributed by atoms with van der Waals surface area (Å²) >= 11 is 0. The zero-order valence-corrected chi connectivity index (χ0v) is 10.5. The Labute approximate surface area is 94.0 Å². The first-order chi connectivity index (χ1) is 7.08. The second kappa shape index (κ2) is 5.83. The molecule has 2 N–H and O–H groups in total. The molecular weight excluding hydrogens is 188 g/mol. The first kappa shape index (κ1) is 12.9. The fraction of sp³-hybridized carbons (Fsp3) is 1.00. The van der Waals surface area contributed by atoms with Gasteiger partial charge in [-0.15, -0.1) is 0 Å². The highest BCUT2D eigenvalue weighted by Crippen LogP contribution is 2.27. The van der Waals surface area contributed by atoms with Crippen molar-refractivity contribution < 1.29 is 4.74 Å². The standard InChI is InChI=1S/C12H26N2O/c1-4-5-6-7-14(3)9-12(2)10-15-8-11(12)13/h11H,4-10,13H2,1-3H3. The molecule has 0 aromatic rings. The van der Waals surface area contributed by atoms with Crippen molar-refractivity contribution in [2.24, 2.45) is 11.1 Å². The van der Waals surface area contributed by atoms with Gasteiger partial charge in [-0.05, 0) is 20.0 Å². The molecule has 0 aromatic carbocycles. The van der Waals surface area contributed by atoms with Crippen molar-refractivity contribution in [3.05, 3.63) is 0 Å². The van der Waals surface area contributed by atoms with E-state index in [1.54, 1.807) is 0 Å². The number of nitrogens with two attached hydrogens (primary N) is 1. The summed E-state index contributed by atoms with van der Waals surface area (Å²) < 4.78 is 5.45. The van der Waals surface area contributed by atoms with Gasteiger partial charge in [-0.3, -0.25) is 0 Å². The molecule has 1 aliphatic rings. The van der Waals surface area contributed by atoms with Gasteiger partial charge in [0.1, 0.15) is 0 Å². The molecule has 0 saturated carbocycles. The zero-order valence-electron chi connectivity index (χ0n) is 10.5. The van der Waals surface area contributed by atoms with Crippen molar-refractivity contribution in [1.82, 2.24) is 4.90 Å². The lowest BCUT2D eigenvalue weighted by atomic mass is 9.85. The lowest BCUT2D eigenvalue weighted by molar-refractivity contribution is 0.129. The highest BCUT2D eigenvalue weighted by atomic mass is 16.5. The minimum Gasteiger partial charge on any atom is -0.379 e. The molecule has 1 heterocycles. The summed E-state index contributed by atoms with van der Waals surface area (Å²) in [7, 11) is 2.19. The molecule has 0 aromatic heterocycles. The van der Waals surface area contributed by atoms with Crippen LogP contribution in [-0.4, -0.2) is 44.3 Å². The quantitative estimate of drug-likeness (QED) is 0.681. The Morgan fingerprint density at radius 2 is 2.20 bits per heavy atom. The summed E-state index contributed by atoms with van der Waals surface area (Å²) in [6, 6.07) is 0.200. The SMILES string of the molecule is CCCCCN(C)CC1(C)COCC1N. The number of unbranched alkanes of at least 4 members (excludes halogenated alkanes) is 2. The normalized spacial score (nSPS) is 31.4. The molecule has 2 unspecified atom stereocenters. The van der Waals surface area contributed by atoms with E-state index in [2.05, 4.69) is 25.8 Å². The monoisotopic (exact) mass is 214 g/mol. The molecule has 1 saturated heterocycles. The molecule has 0 spiro atoms. The number of hydrogen-bond donors (Lipinski definition) is 1. The molecule has 0 radical (unpaired) electrons.